The number of aliphatic hydroxyl groups is 1. The first-order valence-electron chi connectivity index (χ1n) is 9.60. The Labute approximate surface area is 140 Å². The monoisotopic (exact) mass is 320 g/mol. The summed E-state index contributed by atoms with van der Waals surface area (Å²) < 4.78 is 1.98. The van der Waals surface area contributed by atoms with Crippen LogP contribution in [0.15, 0.2) is 0 Å². The molecule has 0 unspecified atom stereocenters. The van der Waals surface area contributed by atoms with Crippen LogP contribution in [-0.2, 0) is 13.0 Å². The Morgan fingerprint density at radius 2 is 1.83 bits per heavy atom. The summed E-state index contributed by atoms with van der Waals surface area (Å²) in [7, 11) is 0. The number of nitrogens with zero attached hydrogens (tertiary/aromatic N) is 4. The first kappa shape index (κ1) is 16.9. The second-order valence-electron chi connectivity index (χ2n) is 7.26. The van der Waals surface area contributed by atoms with E-state index in [2.05, 4.69) is 10.00 Å². The van der Waals surface area contributed by atoms with Gasteiger partial charge < -0.3 is 10.0 Å². The predicted molar refractivity (Wildman–Crippen MR) is 91.5 cm³/mol. The van der Waals surface area contributed by atoms with Crippen LogP contribution in [0.1, 0.15) is 75.9 Å². The Bertz CT molecular complexity index is 475. The Hall–Kier alpha value is -0.940. The highest BCUT2D eigenvalue weighted by Gasteiger charge is 2.29. The van der Waals surface area contributed by atoms with Crippen LogP contribution in [0.4, 0.5) is 0 Å². The third kappa shape index (κ3) is 5.01. The molecule has 1 atom stereocenters. The van der Waals surface area contributed by atoms with Crippen molar-refractivity contribution >= 4 is 0 Å². The van der Waals surface area contributed by atoms with Crippen LogP contribution in [0.3, 0.4) is 0 Å². The van der Waals surface area contributed by atoms with Gasteiger partial charge in [-0.2, -0.15) is 5.10 Å². The van der Waals surface area contributed by atoms with Crippen molar-refractivity contribution in [3.05, 3.63) is 11.6 Å². The zero-order valence-corrected chi connectivity index (χ0v) is 14.6. The quantitative estimate of drug-likeness (QED) is 0.839. The van der Waals surface area contributed by atoms with E-state index in [1.807, 2.05) is 11.6 Å². The van der Waals surface area contributed by atoms with Crippen molar-refractivity contribution in [2.24, 2.45) is 0 Å². The molecule has 0 aromatic carbocycles. The summed E-state index contributed by atoms with van der Waals surface area (Å²) in [6.07, 6.45) is 10.7. The van der Waals surface area contributed by atoms with Crippen molar-refractivity contribution in [3.8, 4) is 0 Å². The Morgan fingerprint density at radius 1 is 1.13 bits per heavy atom. The molecule has 1 N–H and O–H groups in total. The van der Waals surface area contributed by atoms with E-state index in [0.29, 0.717) is 12.5 Å². The smallest absolute Gasteiger partial charge is 0.154 e. The Morgan fingerprint density at radius 3 is 2.48 bits per heavy atom. The van der Waals surface area contributed by atoms with Gasteiger partial charge in [0.1, 0.15) is 5.82 Å². The third-order valence-electron chi connectivity index (χ3n) is 5.16. The van der Waals surface area contributed by atoms with Gasteiger partial charge >= 0.3 is 0 Å². The van der Waals surface area contributed by atoms with Gasteiger partial charge in [0, 0.05) is 18.9 Å². The maximum atomic E-state index is 9.99. The lowest BCUT2D eigenvalue weighted by Gasteiger charge is -2.24. The summed E-state index contributed by atoms with van der Waals surface area (Å²) >= 11 is 0. The van der Waals surface area contributed by atoms with Crippen LogP contribution in [0.5, 0.6) is 0 Å². The molecule has 0 bridgehead atoms. The van der Waals surface area contributed by atoms with Gasteiger partial charge in [-0.05, 0) is 45.2 Å². The van der Waals surface area contributed by atoms with Crippen molar-refractivity contribution in [1.29, 1.82) is 0 Å². The van der Waals surface area contributed by atoms with Gasteiger partial charge in [-0.25, -0.2) is 9.67 Å². The molecule has 23 heavy (non-hydrogen) atoms. The van der Waals surface area contributed by atoms with Gasteiger partial charge in [-0.15, -0.1) is 0 Å². The number of hydrogen-bond donors (Lipinski definition) is 1. The Balaban J connectivity index is 1.60. The minimum absolute atomic E-state index is 0.316. The molecular formula is C18H32N4O. The maximum Gasteiger partial charge on any atom is 0.154 e. The molecule has 1 saturated carbocycles. The van der Waals surface area contributed by atoms with E-state index >= 15 is 0 Å². The van der Waals surface area contributed by atoms with Crippen molar-refractivity contribution in [2.75, 3.05) is 19.6 Å². The largest absolute Gasteiger partial charge is 0.391 e. The van der Waals surface area contributed by atoms with E-state index in [9.17, 15) is 5.11 Å². The van der Waals surface area contributed by atoms with Crippen LogP contribution in [0, 0.1) is 0 Å². The highest BCUT2D eigenvalue weighted by atomic mass is 16.3. The summed E-state index contributed by atoms with van der Waals surface area (Å²) in [6, 6.07) is 0. The van der Waals surface area contributed by atoms with Crippen molar-refractivity contribution in [3.63, 3.8) is 0 Å². The average Bonchev–Trinajstić information content (AvgIpc) is 3.29. The van der Waals surface area contributed by atoms with Gasteiger partial charge in [0.05, 0.1) is 12.6 Å². The molecule has 130 valence electrons. The topological polar surface area (TPSA) is 54.2 Å². The van der Waals surface area contributed by atoms with Crippen LogP contribution in [-0.4, -0.2) is 50.5 Å². The van der Waals surface area contributed by atoms with Crippen LogP contribution in [0.2, 0.25) is 0 Å². The second-order valence-corrected chi connectivity index (χ2v) is 7.26. The molecule has 0 radical (unpaired) electrons. The third-order valence-corrected chi connectivity index (χ3v) is 5.16. The molecule has 3 rings (SSSR count). The molecule has 2 fully saturated rings. The van der Waals surface area contributed by atoms with Gasteiger partial charge in [-0.1, -0.05) is 26.2 Å². The normalized spacial score (nSPS) is 21.8. The van der Waals surface area contributed by atoms with Gasteiger partial charge in [0.15, 0.2) is 5.82 Å². The average molecular weight is 320 g/mol. The zero-order valence-electron chi connectivity index (χ0n) is 14.6. The molecule has 2 aliphatic rings. The summed E-state index contributed by atoms with van der Waals surface area (Å²) in [5.74, 6) is 2.66. The van der Waals surface area contributed by atoms with Crippen molar-refractivity contribution in [2.45, 2.75) is 83.3 Å². The van der Waals surface area contributed by atoms with Crippen molar-refractivity contribution in [1.82, 2.24) is 19.7 Å². The molecule has 1 aliphatic carbocycles. The first-order valence-corrected chi connectivity index (χ1v) is 9.60. The fraction of sp³-hybridized carbons (Fsp3) is 0.889. The van der Waals surface area contributed by atoms with E-state index in [1.165, 1.54) is 58.0 Å². The first-order chi connectivity index (χ1) is 11.3. The standard InChI is InChI=1S/C18H32N4O/c1-2-16(23)14-22-17(19-18(20-22)15-8-9-15)10-13-21-11-6-4-3-5-7-12-21/h15-16,23H,2-14H2,1H3/t16-/m1/s1. The number of hydrogen-bond acceptors (Lipinski definition) is 4. The SMILES string of the molecule is CC[C@@H](O)Cn1nc(C2CC2)nc1CCN1CCCCCCC1. The second kappa shape index (κ2) is 8.25. The molecule has 5 nitrogen and oxygen atoms in total. The number of likely N-dealkylation sites (tertiary alicyclic amines) is 1. The number of aliphatic hydroxyl groups excluding tert-OH is 1. The predicted octanol–water partition coefficient (Wildman–Crippen LogP) is 2.74. The van der Waals surface area contributed by atoms with E-state index in [0.717, 1.165) is 31.0 Å². The molecule has 2 heterocycles. The number of rotatable bonds is 7. The minimum atomic E-state index is -0.316. The van der Waals surface area contributed by atoms with Crippen LogP contribution < -0.4 is 0 Å². The molecule has 5 heteroatoms. The molecule has 1 saturated heterocycles. The fourth-order valence-electron chi connectivity index (χ4n) is 3.36. The lowest BCUT2D eigenvalue weighted by Crippen LogP contribution is -2.30. The van der Waals surface area contributed by atoms with Crippen LogP contribution >= 0.6 is 0 Å². The summed E-state index contributed by atoms with van der Waals surface area (Å²) in [5.41, 5.74) is 0. The molecular weight excluding hydrogens is 288 g/mol. The summed E-state index contributed by atoms with van der Waals surface area (Å²) in [6.45, 7) is 6.13. The van der Waals surface area contributed by atoms with Gasteiger partial charge in [-0.3, -0.25) is 0 Å². The highest BCUT2D eigenvalue weighted by molar-refractivity contribution is 5.06. The maximum absolute atomic E-state index is 9.99. The van der Waals surface area contributed by atoms with E-state index in [4.69, 9.17) is 4.98 Å². The fourth-order valence-corrected chi connectivity index (χ4v) is 3.36. The zero-order chi connectivity index (χ0) is 16.1. The molecule has 0 spiro atoms. The summed E-state index contributed by atoms with van der Waals surface area (Å²) in [4.78, 5) is 7.39. The van der Waals surface area contributed by atoms with Gasteiger partial charge in [0.2, 0.25) is 0 Å². The van der Waals surface area contributed by atoms with E-state index in [1.54, 1.807) is 0 Å². The minimum Gasteiger partial charge on any atom is -0.391 e. The molecule has 0 amide bonds. The lowest BCUT2D eigenvalue weighted by molar-refractivity contribution is 0.143. The molecule has 1 aromatic rings. The van der Waals surface area contributed by atoms with Crippen molar-refractivity contribution < 1.29 is 5.11 Å². The van der Waals surface area contributed by atoms with Gasteiger partial charge in [0.25, 0.3) is 0 Å². The van der Waals surface area contributed by atoms with E-state index < -0.39 is 0 Å². The lowest BCUT2D eigenvalue weighted by atomic mass is 10.1. The van der Waals surface area contributed by atoms with Crippen LogP contribution in [0.25, 0.3) is 0 Å². The molecule has 1 aliphatic heterocycles. The molecule has 1 aromatic heterocycles. The Kier molecular flexibility index (Phi) is 6.06. The van der Waals surface area contributed by atoms with E-state index in [-0.39, 0.29) is 6.10 Å². The summed E-state index contributed by atoms with van der Waals surface area (Å²) in [5, 5.41) is 14.7. The number of aromatic nitrogens is 3. The highest BCUT2D eigenvalue weighted by Crippen LogP contribution is 2.38.